The number of nitrogens with two attached hydrogens (primary N) is 1. The van der Waals surface area contributed by atoms with Crippen molar-refractivity contribution in [3.05, 3.63) is 29.8 Å². The molecule has 0 aliphatic carbocycles. The minimum absolute atomic E-state index is 0. The van der Waals surface area contributed by atoms with Crippen molar-refractivity contribution in [3.63, 3.8) is 0 Å². The van der Waals surface area contributed by atoms with Crippen LogP contribution in [0.3, 0.4) is 0 Å². The Kier molecular flexibility index (Phi) is 3.00. The minimum Gasteiger partial charge on any atom is -0.490 e. The molecule has 2 N–H and O–H groups in total. The van der Waals surface area contributed by atoms with Gasteiger partial charge in [-0.15, -0.1) is 12.4 Å². The first-order valence-electron chi connectivity index (χ1n) is 4.14. The highest BCUT2D eigenvalue weighted by Crippen LogP contribution is 2.27. The van der Waals surface area contributed by atoms with Crippen LogP contribution in [0.5, 0.6) is 5.75 Å². The van der Waals surface area contributed by atoms with Crippen LogP contribution in [0.15, 0.2) is 24.3 Å². The molecule has 0 bridgehead atoms. The van der Waals surface area contributed by atoms with E-state index in [4.69, 9.17) is 15.7 Å². The summed E-state index contributed by atoms with van der Waals surface area (Å²) in [4.78, 5) is 0. The summed E-state index contributed by atoms with van der Waals surface area (Å²) in [7, 11) is 0. The quantitative estimate of drug-likeness (QED) is 0.702. The Morgan fingerprint density at radius 1 is 1.43 bits per heavy atom. The van der Waals surface area contributed by atoms with Crippen molar-refractivity contribution in [3.8, 4) is 11.8 Å². The van der Waals surface area contributed by atoms with Gasteiger partial charge in [0.15, 0.2) is 0 Å². The molecule has 74 valence electrons. The van der Waals surface area contributed by atoms with Crippen molar-refractivity contribution in [1.29, 1.82) is 5.26 Å². The molecule has 14 heavy (non-hydrogen) atoms. The second-order valence-corrected chi connectivity index (χ2v) is 3.34. The van der Waals surface area contributed by atoms with Crippen molar-refractivity contribution in [1.82, 2.24) is 0 Å². The standard InChI is InChI=1S/C10H10N2O.ClH/c11-6-10(12)5-8-3-1-2-4-9(8)13-7-10;/h1-4H,5,7,12H2;1H. The molecule has 1 heterocycles. The van der Waals surface area contributed by atoms with Gasteiger partial charge in [-0.3, -0.25) is 0 Å². The van der Waals surface area contributed by atoms with E-state index in [0.717, 1.165) is 11.3 Å². The Morgan fingerprint density at radius 2 is 2.14 bits per heavy atom. The summed E-state index contributed by atoms with van der Waals surface area (Å²) in [5.41, 5.74) is 5.95. The highest BCUT2D eigenvalue weighted by Gasteiger charge is 2.31. The number of fused-ring (bicyclic) bond motifs is 1. The molecule has 1 atom stereocenters. The van der Waals surface area contributed by atoms with Gasteiger partial charge in [0.05, 0.1) is 6.07 Å². The molecule has 0 saturated heterocycles. The van der Waals surface area contributed by atoms with Crippen LogP contribution in [-0.4, -0.2) is 12.1 Å². The van der Waals surface area contributed by atoms with E-state index in [9.17, 15) is 0 Å². The van der Waals surface area contributed by atoms with Crippen molar-refractivity contribution in [2.75, 3.05) is 6.61 Å². The van der Waals surface area contributed by atoms with Gasteiger partial charge in [0.1, 0.15) is 17.9 Å². The molecule has 3 nitrogen and oxygen atoms in total. The van der Waals surface area contributed by atoms with E-state index in [2.05, 4.69) is 6.07 Å². The summed E-state index contributed by atoms with van der Waals surface area (Å²) in [6.45, 7) is 0.278. The van der Waals surface area contributed by atoms with Crippen LogP contribution in [-0.2, 0) is 6.42 Å². The highest BCUT2D eigenvalue weighted by atomic mass is 35.5. The average molecular weight is 211 g/mol. The van der Waals surface area contributed by atoms with Gasteiger partial charge in [-0.1, -0.05) is 18.2 Å². The van der Waals surface area contributed by atoms with E-state index >= 15 is 0 Å². The van der Waals surface area contributed by atoms with Crippen LogP contribution in [0, 0.1) is 11.3 Å². The van der Waals surface area contributed by atoms with Gasteiger partial charge >= 0.3 is 0 Å². The molecule has 2 rings (SSSR count). The molecule has 1 aromatic rings. The molecule has 1 aliphatic rings. The zero-order chi connectivity index (χ0) is 9.31. The normalized spacial score (nSPS) is 23.7. The number of halogens is 1. The first-order chi connectivity index (χ1) is 6.23. The lowest BCUT2D eigenvalue weighted by molar-refractivity contribution is 0.227. The molecule has 0 amide bonds. The summed E-state index contributed by atoms with van der Waals surface area (Å²) >= 11 is 0. The van der Waals surface area contributed by atoms with Crippen LogP contribution >= 0.6 is 12.4 Å². The maximum atomic E-state index is 8.82. The van der Waals surface area contributed by atoms with Gasteiger partial charge in [-0.05, 0) is 11.6 Å². The lowest BCUT2D eigenvalue weighted by Crippen LogP contribution is -2.48. The Bertz CT molecular complexity index is 375. The average Bonchev–Trinajstić information content (AvgIpc) is 2.18. The number of benzene rings is 1. The van der Waals surface area contributed by atoms with Crippen LogP contribution in [0.4, 0.5) is 0 Å². The molecule has 1 aromatic carbocycles. The Labute approximate surface area is 88.9 Å². The summed E-state index contributed by atoms with van der Waals surface area (Å²) < 4.78 is 5.38. The predicted octanol–water partition coefficient (Wildman–Crippen LogP) is 1.26. The monoisotopic (exact) mass is 210 g/mol. The molecule has 1 unspecified atom stereocenters. The first kappa shape index (κ1) is 10.8. The van der Waals surface area contributed by atoms with Crippen LogP contribution < -0.4 is 10.5 Å². The van der Waals surface area contributed by atoms with Gasteiger partial charge in [0, 0.05) is 6.42 Å². The molecule has 0 spiro atoms. The fraction of sp³-hybridized carbons (Fsp3) is 0.300. The number of ether oxygens (including phenoxy) is 1. The van der Waals surface area contributed by atoms with Gasteiger partial charge < -0.3 is 10.5 Å². The lowest BCUT2D eigenvalue weighted by atomic mass is 9.91. The van der Waals surface area contributed by atoms with Crippen molar-refractivity contribution < 1.29 is 4.74 Å². The van der Waals surface area contributed by atoms with Crippen LogP contribution in [0.1, 0.15) is 5.56 Å². The summed E-state index contributed by atoms with van der Waals surface area (Å²) in [6.07, 6.45) is 0.569. The molecule has 0 saturated carbocycles. The fourth-order valence-corrected chi connectivity index (χ4v) is 1.46. The Balaban J connectivity index is 0.000000980. The zero-order valence-corrected chi connectivity index (χ0v) is 8.38. The summed E-state index contributed by atoms with van der Waals surface area (Å²) in [5, 5.41) is 8.82. The van der Waals surface area contributed by atoms with E-state index in [1.807, 2.05) is 24.3 Å². The number of nitriles is 1. The van der Waals surface area contributed by atoms with Gasteiger partial charge in [-0.2, -0.15) is 5.26 Å². The van der Waals surface area contributed by atoms with Crippen LogP contribution in [0.25, 0.3) is 0 Å². The third kappa shape index (κ3) is 1.82. The van der Waals surface area contributed by atoms with E-state index < -0.39 is 5.54 Å². The second kappa shape index (κ2) is 3.87. The molecule has 0 fully saturated rings. The van der Waals surface area contributed by atoms with Gasteiger partial charge in [0.2, 0.25) is 0 Å². The Hall–Kier alpha value is -1.24. The molecular weight excluding hydrogens is 200 g/mol. The van der Waals surface area contributed by atoms with Gasteiger partial charge in [0.25, 0.3) is 0 Å². The van der Waals surface area contributed by atoms with Crippen molar-refractivity contribution >= 4 is 12.4 Å². The van der Waals surface area contributed by atoms with Crippen molar-refractivity contribution in [2.24, 2.45) is 5.73 Å². The molecule has 0 radical (unpaired) electrons. The summed E-state index contributed by atoms with van der Waals surface area (Å²) in [5.74, 6) is 0.846. The van der Waals surface area contributed by atoms with E-state index in [-0.39, 0.29) is 19.0 Å². The first-order valence-corrected chi connectivity index (χ1v) is 4.14. The maximum absolute atomic E-state index is 8.82. The summed E-state index contributed by atoms with van der Waals surface area (Å²) in [6, 6.07) is 9.74. The lowest BCUT2D eigenvalue weighted by Gasteiger charge is -2.28. The van der Waals surface area contributed by atoms with Gasteiger partial charge in [-0.25, -0.2) is 0 Å². The van der Waals surface area contributed by atoms with Crippen molar-refractivity contribution in [2.45, 2.75) is 12.0 Å². The van der Waals surface area contributed by atoms with E-state index in [1.54, 1.807) is 0 Å². The Morgan fingerprint density at radius 3 is 2.86 bits per heavy atom. The predicted molar refractivity (Wildman–Crippen MR) is 55.4 cm³/mol. The number of rotatable bonds is 0. The topological polar surface area (TPSA) is 59.0 Å². The third-order valence-corrected chi connectivity index (χ3v) is 2.19. The number of nitrogens with zero attached hydrogens (tertiary/aromatic N) is 1. The largest absolute Gasteiger partial charge is 0.490 e. The number of para-hydroxylation sites is 1. The fourth-order valence-electron chi connectivity index (χ4n) is 1.46. The number of hydrogen-bond acceptors (Lipinski definition) is 3. The second-order valence-electron chi connectivity index (χ2n) is 3.34. The molecular formula is C10H11ClN2O. The highest BCUT2D eigenvalue weighted by molar-refractivity contribution is 5.85. The van der Waals surface area contributed by atoms with E-state index in [1.165, 1.54) is 0 Å². The van der Waals surface area contributed by atoms with Crippen LogP contribution in [0.2, 0.25) is 0 Å². The third-order valence-electron chi connectivity index (χ3n) is 2.19. The van der Waals surface area contributed by atoms with E-state index in [0.29, 0.717) is 6.42 Å². The molecule has 0 aromatic heterocycles. The zero-order valence-electron chi connectivity index (χ0n) is 7.56. The minimum atomic E-state index is -0.853. The smallest absolute Gasteiger partial charge is 0.142 e. The molecule has 4 heteroatoms. The SMILES string of the molecule is Cl.N#CC1(N)COc2ccccc2C1. The number of hydrogen-bond donors (Lipinski definition) is 1. The maximum Gasteiger partial charge on any atom is 0.142 e. The molecule has 1 aliphatic heterocycles.